The molecular weight excluding hydrogens is 832 g/mol. The van der Waals surface area contributed by atoms with Crippen molar-refractivity contribution in [2.75, 3.05) is 40.9 Å². The van der Waals surface area contributed by atoms with E-state index >= 15 is 0 Å². The van der Waals surface area contributed by atoms with Gasteiger partial charge in [-0.2, -0.15) is 0 Å². The summed E-state index contributed by atoms with van der Waals surface area (Å²) in [7, 11) is 1.15. The van der Waals surface area contributed by atoms with Crippen molar-refractivity contribution in [3.05, 3.63) is 48.6 Å². The summed E-state index contributed by atoms with van der Waals surface area (Å²) in [5.74, 6) is -0.637. The number of hydrogen-bond acceptors (Lipinski definition) is 7. The number of nitrogens with zero attached hydrogens (tertiary/aromatic N) is 1. The molecule has 10 heteroatoms. The number of nitrogens with one attached hydrogen (secondary N) is 1. The number of hydrogen-bond donors (Lipinski definition) is 1. The molecule has 3 unspecified atom stereocenters. The van der Waals surface area contributed by atoms with E-state index in [1.54, 1.807) is 6.08 Å². The normalized spacial score (nSPS) is 14.3. The lowest BCUT2D eigenvalue weighted by Crippen LogP contribution is -2.47. The van der Waals surface area contributed by atoms with Gasteiger partial charge in [0.2, 0.25) is 5.91 Å². The molecule has 0 spiro atoms. The van der Waals surface area contributed by atoms with Gasteiger partial charge in [-0.25, -0.2) is 0 Å². The summed E-state index contributed by atoms with van der Waals surface area (Å²) in [5.41, 5.74) is 0. The van der Waals surface area contributed by atoms with E-state index in [1.807, 2.05) is 33.3 Å². The third kappa shape index (κ3) is 46.9. The Labute approximate surface area is 401 Å². The van der Waals surface area contributed by atoms with Crippen LogP contribution in [0.1, 0.15) is 239 Å². The second kappa shape index (κ2) is 45.7. The smallest absolute Gasteiger partial charge is 0.306 e. The van der Waals surface area contributed by atoms with Crippen LogP contribution in [-0.4, -0.2) is 69.4 Å². The summed E-state index contributed by atoms with van der Waals surface area (Å²) in [5, 5.41) is 2.99. The molecule has 0 heterocycles. The number of phosphoric acid groups is 1. The van der Waals surface area contributed by atoms with E-state index in [2.05, 4.69) is 56.5 Å². The molecule has 0 aliphatic rings. The Morgan fingerprint density at radius 2 is 0.954 bits per heavy atom. The molecule has 0 aromatic heterocycles. The molecule has 0 fully saturated rings. The molecule has 0 saturated heterocycles. The SMILES string of the molecule is CCCCCCCC/C=C\C/C=C/CCC(=O)OC(/C=C/CCCCCCCCCCCCC)C(COP(=O)([O-])OCC[N+](C)(C)C)NC(=O)CCCCC/C=C\CCCCCCCC. The number of esters is 1. The van der Waals surface area contributed by atoms with Crippen molar-refractivity contribution in [2.24, 2.45) is 0 Å². The lowest BCUT2D eigenvalue weighted by molar-refractivity contribution is -0.870. The van der Waals surface area contributed by atoms with Crippen molar-refractivity contribution in [3.8, 4) is 0 Å². The molecule has 0 bridgehead atoms. The van der Waals surface area contributed by atoms with Crippen LogP contribution >= 0.6 is 7.82 Å². The second-order valence-corrected chi connectivity index (χ2v) is 20.8. The van der Waals surface area contributed by atoms with Crippen LogP contribution in [0.3, 0.4) is 0 Å². The van der Waals surface area contributed by atoms with E-state index in [0.29, 0.717) is 23.9 Å². The van der Waals surface area contributed by atoms with Crippen molar-refractivity contribution >= 4 is 19.7 Å². The number of quaternary nitrogens is 1. The zero-order valence-corrected chi connectivity index (χ0v) is 44.1. The second-order valence-electron chi connectivity index (χ2n) is 19.4. The molecule has 1 amide bonds. The van der Waals surface area contributed by atoms with Gasteiger partial charge < -0.3 is 28.5 Å². The van der Waals surface area contributed by atoms with Crippen molar-refractivity contribution < 1.29 is 37.3 Å². The Kier molecular flexibility index (Phi) is 44.3. The zero-order valence-electron chi connectivity index (χ0n) is 43.2. The highest BCUT2D eigenvalue weighted by Crippen LogP contribution is 2.38. The first-order valence-corrected chi connectivity index (χ1v) is 28.4. The number of unbranched alkanes of at least 4 members (excludes halogenated alkanes) is 26. The van der Waals surface area contributed by atoms with E-state index in [-0.39, 0.29) is 25.4 Å². The average Bonchev–Trinajstić information content (AvgIpc) is 3.26. The Hall–Kier alpha value is -2.03. The number of likely N-dealkylation sites (N-methyl/N-ethyl adjacent to an activating group) is 1. The van der Waals surface area contributed by atoms with Crippen LogP contribution in [0.4, 0.5) is 0 Å². The monoisotopic (exact) mass is 935 g/mol. The summed E-state index contributed by atoms with van der Waals surface area (Å²) in [6.07, 6.45) is 53.7. The summed E-state index contributed by atoms with van der Waals surface area (Å²) in [6, 6.07) is -0.915. The lowest BCUT2D eigenvalue weighted by atomic mass is 10.0. The van der Waals surface area contributed by atoms with E-state index in [1.165, 1.54) is 135 Å². The molecule has 0 aromatic rings. The fraction of sp³-hybridized carbons (Fsp3) is 0.818. The van der Waals surface area contributed by atoms with Gasteiger partial charge in [-0.15, -0.1) is 0 Å². The minimum atomic E-state index is -4.70. The predicted octanol–water partition coefficient (Wildman–Crippen LogP) is 15.1. The Balaban J connectivity index is 5.53. The third-order valence-corrected chi connectivity index (χ3v) is 12.7. The van der Waals surface area contributed by atoms with Crippen molar-refractivity contribution in [1.29, 1.82) is 0 Å². The summed E-state index contributed by atoms with van der Waals surface area (Å²) < 4.78 is 30.1. The third-order valence-electron chi connectivity index (χ3n) is 11.7. The van der Waals surface area contributed by atoms with Gasteiger partial charge in [0.25, 0.3) is 7.82 Å². The van der Waals surface area contributed by atoms with E-state index in [0.717, 1.165) is 57.8 Å². The molecule has 0 aromatic carbocycles. The number of carbonyl (C=O) groups excluding carboxylic acids is 2. The quantitative estimate of drug-likeness (QED) is 0.0212. The van der Waals surface area contributed by atoms with Gasteiger partial charge in [-0.3, -0.25) is 14.2 Å². The fourth-order valence-corrected chi connectivity index (χ4v) is 8.23. The molecule has 3 atom stereocenters. The van der Waals surface area contributed by atoms with Gasteiger partial charge in [-0.1, -0.05) is 198 Å². The molecule has 0 radical (unpaired) electrons. The number of carbonyl (C=O) groups is 2. The highest BCUT2D eigenvalue weighted by atomic mass is 31.2. The molecule has 9 nitrogen and oxygen atoms in total. The standard InChI is InChI=1S/C55H103N2O7P/c1-7-10-13-16-19-22-25-28-31-34-37-40-43-46-53(64-55(59)48-45-42-39-36-33-30-27-24-21-18-15-12-9-3)52(51-63-65(60,61)62-50-49-57(4,5)6)56-54(58)47-44-41-38-35-32-29-26-23-20-17-14-11-8-2/h29-30,32-33,39,42-43,46,52-53H,7-28,31,34-38,40-41,44-45,47-51H2,1-6H3,(H-,56,58,60,61)/b32-29-,33-30-,42-39+,46-43+. The minimum Gasteiger partial charge on any atom is -0.756 e. The number of allylic oxidation sites excluding steroid dienone is 7. The molecular formula is C55H103N2O7P. The van der Waals surface area contributed by atoms with Crippen LogP contribution in [0, 0.1) is 0 Å². The maximum atomic E-state index is 13.4. The zero-order chi connectivity index (χ0) is 48.0. The fourth-order valence-electron chi connectivity index (χ4n) is 7.51. The van der Waals surface area contributed by atoms with Crippen LogP contribution in [0.2, 0.25) is 0 Å². The predicted molar refractivity (Wildman–Crippen MR) is 275 cm³/mol. The topological polar surface area (TPSA) is 114 Å². The van der Waals surface area contributed by atoms with Crippen LogP contribution < -0.4 is 10.2 Å². The van der Waals surface area contributed by atoms with Gasteiger partial charge in [0.15, 0.2) is 0 Å². The number of rotatable bonds is 48. The van der Waals surface area contributed by atoms with Gasteiger partial charge in [0, 0.05) is 12.8 Å². The lowest BCUT2D eigenvalue weighted by Gasteiger charge is -2.30. The summed E-state index contributed by atoms with van der Waals surface area (Å²) >= 11 is 0. The van der Waals surface area contributed by atoms with E-state index in [9.17, 15) is 19.0 Å². The minimum absolute atomic E-state index is 0.0325. The number of ether oxygens (including phenoxy) is 1. The highest BCUT2D eigenvalue weighted by molar-refractivity contribution is 7.45. The van der Waals surface area contributed by atoms with E-state index in [4.69, 9.17) is 13.8 Å². The van der Waals surface area contributed by atoms with Crippen LogP contribution in [0.25, 0.3) is 0 Å². The molecule has 0 saturated carbocycles. The molecule has 0 aliphatic carbocycles. The van der Waals surface area contributed by atoms with Crippen LogP contribution in [-0.2, 0) is 27.9 Å². The number of amides is 1. The largest absolute Gasteiger partial charge is 0.756 e. The number of phosphoric ester groups is 1. The molecule has 0 aliphatic heterocycles. The van der Waals surface area contributed by atoms with Gasteiger partial charge in [0.1, 0.15) is 19.3 Å². The Morgan fingerprint density at radius 3 is 1.43 bits per heavy atom. The molecule has 380 valence electrons. The molecule has 65 heavy (non-hydrogen) atoms. The van der Waals surface area contributed by atoms with Gasteiger partial charge >= 0.3 is 5.97 Å². The highest BCUT2D eigenvalue weighted by Gasteiger charge is 2.27. The molecule has 0 rings (SSSR count). The van der Waals surface area contributed by atoms with Gasteiger partial charge in [-0.05, 0) is 76.7 Å². The maximum Gasteiger partial charge on any atom is 0.306 e. The summed E-state index contributed by atoms with van der Waals surface area (Å²) in [6.45, 7) is 6.77. The average molecular weight is 935 g/mol. The van der Waals surface area contributed by atoms with E-state index < -0.39 is 32.5 Å². The van der Waals surface area contributed by atoms with Gasteiger partial charge in [0.05, 0.1) is 33.8 Å². The van der Waals surface area contributed by atoms with Crippen molar-refractivity contribution in [1.82, 2.24) is 5.32 Å². The van der Waals surface area contributed by atoms with Crippen LogP contribution in [0.15, 0.2) is 48.6 Å². The first-order chi connectivity index (χ1) is 31.4. The Bertz CT molecular complexity index is 1260. The van der Waals surface area contributed by atoms with Crippen molar-refractivity contribution in [2.45, 2.75) is 251 Å². The first kappa shape index (κ1) is 63.0. The summed E-state index contributed by atoms with van der Waals surface area (Å²) in [4.78, 5) is 39.6. The van der Waals surface area contributed by atoms with Crippen molar-refractivity contribution in [3.63, 3.8) is 0 Å². The first-order valence-electron chi connectivity index (χ1n) is 26.9. The maximum absolute atomic E-state index is 13.4. The molecule has 1 N–H and O–H groups in total. The van der Waals surface area contributed by atoms with Crippen LogP contribution in [0.5, 0.6) is 0 Å². The Morgan fingerprint density at radius 1 is 0.538 bits per heavy atom.